The van der Waals surface area contributed by atoms with E-state index in [-0.39, 0.29) is 0 Å². The fraction of sp³-hybridized carbons (Fsp3) is 0.500. The molecule has 2 aromatic heterocycles. The topological polar surface area (TPSA) is 51.0 Å². The van der Waals surface area contributed by atoms with Gasteiger partial charge in [-0.2, -0.15) is 4.98 Å². The van der Waals surface area contributed by atoms with Crippen LogP contribution in [0, 0.1) is 2.88 Å². The first-order valence-corrected chi connectivity index (χ1v) is 7.99. The smallest absolute Gasteiger partial charge is 0.213 e. The average Bonchev–Trinajstić information content (AvgIpc) is 2.97. The van der Waals surface area contributed by atoms with Crippen LogP contribution in [0.15, 0.2) is 17.0 Å². The zero-order chi connectivity index (χ0) is 12.4. The zero-order valence-corrected chi connectivity index (χ0v) is 12.8. The Morgan fingerprint density at radius 1 is 1.56 bits per heavy atom. The number of halogens is 1. The van der Waals surface area contributed by atoms with Crippen molar-refractivity contribution in [1.29, 1.82) is 0 Å². The van der Waals surface area contributed by atoms with Gasteiger partial charge < -0.3 is 9.84 Å². The van der Waals surface area contributed by atoms with E-state index in [2.05, 4.69) is 44.1 Å². The van der Waals surface area contributed by atoms with Crippen molar-refractivity contribution in [3.8, 4) is 0 Å². The standard InChI is InChI=1S/C12H14IN3OS/c13-11-6-8-9(2-1-3-10(8)18-11)14-5-4-12-15-7-17-16-12/h6-7,9,14H,1-5H2. The van der Waals surface area contributed by atoms with Crippen LogP contribution >= 0.6 is 33.9 Å². The predicted molar refractivity (Wildman–Crippen MR) is 78.7 cm³/mol. The SMILES string of the molecule is Ic1cc2c(s1)CCCC2NCCc1ncon1. The van der Waals surface area contributed by atoms with Crippen molar-refractivity contribution in [2.45, 2.75) is 31.7 Å². The van der Waals surface area contributed by atoms with Gasteiger partial charge in [-0.3, -0.25) is 0 Å². The van der Waals surface area contributed by atoms with E-state index >= 15 is 0 Å². The lowest BCUT2D eigenvalue weighted by Crippen LogP contribution is -2.26. The molecule has 3 rings (SSSR count). The number of nitrogens with one attached hydrogen (secondary N) is 1. The number of rotatable bonds is 4. The Kier molecular flexibility index (Phi) is 3.95. The van der Waals surface area contributed by atoms with Crippen LogP contribution in [0.5, 0.6) is 0 Å². The van der Waals surface area contributed by atoms with E-state index in [4.69, 9.17) is 4.52 Å². The molecule has 0 bridgehead atoms. The lowest BCUT2D eigenvalue weighted by Gasteiger charge is -2.23. The minimum absolute atomic E-state index is 0.500. The van der Waals surface area contributed by atoms with Crippen molar-refractivity contribution in [3.05, 3.63) is 31.6 Å². The summed E-state index contributed by atoms with van der Waals surface area (Å²) >= 11 is 4.35. The summed E-state index contributed by atoms with van der Waals surface area (Å²) in [7, 11) is 0. The normalized spacial score (nSPS) is 18.8. The Morgan fingerprint density at radius 2 is 2.50 bits per heavy atom. The number of hydrogen-bond acceptors (Lipinski definition) is 5. The molecular formula is C12H14IN3OS. The number of hydrogen-bond donors (Lipinski definition) is 1. The van der Waals surface area contributed by atoms with Crippen molar-refractivity contribution >= 4 is 33.9 Å². The molecule has 4 nitrogen and oxygen atoms in total. The number of thiophene rings is 1. The largest absolute Gasteiger partial charge is 0.343 e. The predicted octanol–water partition coefficient (Wildman–Crippen LogP) is 2.95. The highest BCUT2D eigenvalue weighted by Crippen LogP contribution is 2.36. The Labute approximate surface area is 123 Å². The van der Waals surface area contributed by atoms with Crippen molar-refractivity contribution in [2.75, 3.05) is 6.54 Å². The van der Waals surface area contributed by atoms with Crippen molar-refractivity contribution in [3.63, 3.8) is 0 Å². The molecule has 1 N–H and O–H groups in total. The molecule has 0 aliphatic heterocycles. The van der Waals surface area contributed by atoms with Gasteiger partial charge in [-0.1, -0.05) is 5.16 Å². The fourth-order valence-corrected chi connectivity index (χ4v) is 4.51. The second kappa shape index (κ2) is 5.66. The molecule has 0 saturated carbocycles. The molecule has 6 heteroatoms. The van der Waals surface area contributed by atoms with Gasteiger partial charge in [0.2, 0.25) is 6.39 Å². The zero-order valence-electron chi connectivity index (χ0n) is 9.86. The maximum atomic E-state index is 4.73. The van der Waals surface area contributed by atoms with Gasteiger partial charge >= 0.3 is 0 Å². The first-order valence-electron chi connectivity index (χ1n) is 6.09. The number of fused-ring (bicyclic) bond motifs is 1. The van der Waals surface area contributed by atoms with E-state index < -0.39 is 0 Å². The van der Waals surface area contributed by atoms with Crippen LogP contribution in [0.4, 0.5) is 0 Å². The highest BCUT2D eigenvalue weighted by Gasteiger charge is 2.22. The Morgan fingerprint density at radius 3 is 3.33 bits per heavy atom. The van der Waals surface area contributed by atoms with Crippen LogP contribution < -0.4 is 5.32 Å². The van der Waals surface area contributed by atoms with Crippen LogP contribution in [0.2, 0.25) is 0 Å². The number of nitrogens with zero attached hydrogens (tertiary/aromatic N) is 2. The molecule has 2 aromatic rings. The Hall–Kier alpha value is -0.470. The second-order valence-electron chi connectivity index (χ2n) is 4.43. The third-order valence-electron chi connectivity index (χ3n) is 3.23. The van der Waals surface area contributed by atoms with Crippen LogP contribution in [0.1, 0.15) is 35.1 Å². The molecule has 1 unspecified atom stereocenters. The molecule has 96 valence electrons. The summed E-state index contributed by atoms with van der Waals surface area (Å²) in [6, 6.07) is 2.83. The van der Waals surface area contributed by atoms with E-state index in [1.807, 2.05) is 11.3 Å². The number of aryl methyl sites for hydroxylation is 1. The van der Waals surface area contributed by atoms with E-state index in [0.717, 1.165) is 18.8 Å². The van der Waals surface area contributed by atoms with Gasteiger partial charge in [-0.05, 0) is 53.5 Å². The minimum Gasteiger partial charge on any atom is -0.343 e. The van der Waals surface area contributed by atoms with Crippen molar-refractivity contribution in [2.24, 2.45) is 0 Å². The van der Waals surface area contributed by atoms with E-state index in [9.17, 15) is 0 Å². The van der Waals surface area contributed by atoms with Crippen LogP contribution in [0.25, 0.3) is 0 Å². The lowest BCUT2D eigenvalue weighted by molar-refractivity contribution is 0.406. The van der Waals surface area contributed by atoms with Gasteiger partial charge in [0.1, 0.15) is 0 Å². The van der Waals surface area contributed by atoms with E-state index in [1.165, 1.54) is 34.1 Å². The molecule has 1 aliphatic carbocycles. The maximum absolute atomic E-state index is 4.73. The second-order valence-corrected chi connectivity index (χ2v) is 7.46. The van der Waals surface area contributed by atoms with E-state index in [0.29, 0.717) is 6.04 Å². The first kappa shape index (κ1) is 12.6. The lowest BCUT2D eigenvalue weighted by atomic mass is 9.94. The summed E-state index contributed by atoms with van der Waals surface area (Å²) in [4.78, 5) is 5.59. The number of aromatic nitrogens is 2. The molecule has 0 radical (unpaired) electrons. The van der Waals surface area contributed by atoms with Crippen LogP contribution in [-0.2, 0) is 12.8 Å². The Bertz CT molecular complexity index is 511. The van der Waals surface area contributed by atoms with Crippen molar-refractivity contribution in [1.82, 2.24) is 15.5 Å². The summed E-state index contributed by atoms with van der Waals surface area (Å²) in [6.45, 7) is 0.899. The van der Waals surface area contributed by atoms with Crippen LogP contribution in [-0.4, -0.2) is 16.7 Å². The molecule has 1 aliphatic rings. The summed E-state index contributed by atoms with van der Waals surface area (Å²) in [6.07, 6.45) is 5.96. The summed E-state index contributed by atoms with van der Waals surface area (Å²) in [5.74, 6) is 0.776. The Balaban J connectivity index is 1.60. The third-order valence-corrected chi connectivity index (χ3v) is 5.20. The van der Waals surface area contributed by atoms with Gasteiger partial charge in [0.25, 0.3) is 0 Å². The summed E-state index contributed by atoms with van der Waals surface area (Å²) in [5, 5.41) is 7.43. The van der Waals surface area contributed by atoms with Gasteiger partial charge in [0.05, 0.1) is 2.88 Å². The molecule has 1 atom stereocenters. The molecule has 18 heavy (non-hydrogen) atoms. The molecule has 0 saturated heterocycles. The van der Waals surface area contributed by atoms with Gasteiger partial charge in [-0.25, -0.2) is 0 Å². The minimum atomic E-state index is 0.500. The van der Waals surface area contributed by atoms with E-state index in [1.54, 1.807) is 4.88 Å². The van der Waals surface area contributed by atoms with Gasteiger partial charge in [0.15, 0.2) is 5.82 Å². The molecule has 0 fully saturated rings. The first-order chi connectivity index (χ1) is 8.83. The fourth-order valence-electron chi connectivity index (χ4n) is 2.39. The molecule has 0 amide bonds. The average molecular weight is 375 g/mol. The van der Waals surface area contributed by atoms with Crippen LogP contribution in [0.3, 0.4) is 0 Å². The summed E-state index contributed by atoms with van der Waals surface area (Å²) in [5.41, 5.74) is 1.50. The molecular weight excluding hydrogens is 361 g/mol. The molecule has 2 heterocycles. The highest BCUT2D eigenvalue weighted by atomic mass is 127. The quantitative estimate of drug-likeness (QED) is 0.835. The maximum Gasteiger partial charge on any atom is 0.213 e. The van der Waals surface area contributed by atoms with Gasteiger partial charge in [-0.15, -0.1) is 11.3 Å². The monoisotopic (exact) mass is 375 g/mol. The third kappa shape index (κ3) is 2.75. The molecule has 0 spiro atoms. The summed E-state index contributed by atoms with van der Waals surface area (Å²) < 4.78 is 6.12. The van der Waals surface area contributed by atoms with Gasteiger partial charge in [0, 0.05) is 23.9 Å². The van der Waals surface area contributed by atoms with Crippen molar-refractivity contribution < 1.29 is 4.52 Å². The highest BCUT2D eigenvalue weighted by molar-refractivity contribution is 14.1. The molecule has 0 aromatic carbocycles.